The number of hydrogen-bond acceptors (Lipinski definition) is 6. The van der Waals surface area contributed by atoms with E-state index >= 15 is 4.39 Å². The van der Waals surface area contributed by atoms with Gasteiger partial charge in [-0.2, -0.15) is 5.10 Å². The van der Waals surface area contributed by atoms with Crippen LogP contribution in [0.4, 0.5) is 8.78 Å². The second-order valence-corrected chi connectivity index (χ2v) is 14.6. The standard InChI is InChI=1S/C33H41ClF2N6O2/c1-19-25(34)15-22-27(39-19)33(44-28(22)32(5,6)30-37-18-38-40(30)7)10-12-41(13-11-33)29(43)24-17-42(31(2,3)4)16-23(24)21-9-8-20(35)14-26(21)36/h8-9,14-15,18,23-24,28H,10-13,16-17H2,1-7H3/t23-,24+,28?/m0/s1. The summed E-state index contributed by atoms with van der Waals surface area (Å²) in [5, 5.41) is 4.87. The van der Waals surface area contributed by atoms with E-state index in [1.807, 2.05) is 24.9 Å². The number of halogens is 3. The third-order valence-corrected chi connectivity index (χ3v) is 10.4. The number of amides is 1. The number of pyridine rings is 1. The maximum atomic E-state index is 15.0. The van der Waals surface area contributed by atoms with Crippen LogP contribution in [0.15, 0.2) is 30.6 Å². The summed E-state index contributed by atoms with van der Waals surface area (Å²) in [6.45, 7) is 14.3. The molecule has 6 rings (SSSR count). The first-order chi connectivity index (χ1) is 20.6. The topological polar surface area (TPSA) is 76.4 Å². The van der Waals surface area contributed by atoms with Crippen LogP contribution in [0.5, 0.6) is 0 Å². The number of benzene rings is 1. The Labute approximate surface area is 262 Å². The van der Waals surface area contributed by atoms with E-state index in [9.17, 15) is 9.18 Å². The minimum absolute atomic E-state index is 0.00486. The molecule has 3 aliphatic rings. The summed E-state index contributed by atoms with van der Waals surface area (Å²) in [6.07, 6.45) is 2.31. The fourth-order valence-corrected chi connectivity index (χ4v) is 7.59. The molecule has 3 atom stereocenters. The zero-order valence-corrected chi connectivity index (χ0v) is 27.3. The lowest BCUT2D eigenvalue weighted by molar-refractivity contribution is -0.152. The Morgan fingerprint density at radius 1 is 1.07 bits per heavy atom. The minimum atomic E-state index is -0.683. The molecule has 8 nitrogen and oxygen atoms in total. The Morgan fingerprint density at radius 3 is 2.39 bits per heavy atom. The van der Waals surface area contributed by atoms with Crippen molar-refractivity contribution in [2.75, 3.05) is 26.2 Å². The summed E-state index contributed by atoms with van der Waals surface area (Å²) in [4.78, 5) is 27.8. The van der Waals surface area contributed by atoms with Gasteiger partial charge in [0.2, 0.25) is 5.91 Å². The van der Waals surface area contributed by atoms with E-state index in [1.165, 1.54) is 12.1 Å². The van der Waals surface area contributed by atoms with E-state index in [4.69, 9.17) is 21.3 Å². The van der Waals surface area contributed by atoms with Gasteiger partial charge in [-0.25, -0.2) is 13.8 Å². The fourth-order valence-electron chi connectivity index (χ4n) is 7.43. The minimum Gasteiger partial charge on any atom is -0.359 e. The van der Waals surface area contributed by atoms with Crippen LogP contribution in [-0.2, 0) is 27.6 Å². The molecule has 2 aromatic heterocycles. The van der Waals surface area contributed by atoms with Crippen LogP contribution >= 0.6 is 11.6 Å². The van der Waals surface area contributed by atoms with Crippen molar-refractivity contribution >= 4 is 17.5 Å². The molecule has 236 valence electrons. The number of aromatic nitrogens is 4. The molecule has 1 unspecified atom stereocenters. The number of carbonyl (C=O) groups excluding carboxylic acids is 1. The Kier molecular flexibility index (Phi) is 7.65. The van der Waals surface area contributed by atoms with E-state index in [0.717, 1.165) is 28.8 Å². The van der Waals surface area contributed by atoms with Crippen LogP contribution in [0, 0.1) is 24.5 Å². The average molecular weight is 627 g/mol. The SMILES string of the molecule is Cc1nc2c(cc1Cl)C(C(C)(C)c1ncnn1C)OC21CCN(C(=O)[C@@H]2CN(C(C)(C)C)C[C@H]2c2ccc(F)cc2F)CC1. The molecule has 3 aromatic rings. The predicted octanol–water partition coefficient (Wildman–Crippen LogP) is 5.83. The second-order valence-electron chi connectivity index (χ2n) is 14.2. The Hall–Kier alpha value is -2.95. The third-order valence-electron chi connectivity index (χ3n) is 10.0. The number of carbonyl (C=O) groups is 1. The quantitative estimate of drug-likeness (QED) is 0.363. The summed E-state index contributed by atoms with van der Waals surface area (Å²) in [7, 11) is 1.87. The van der Waals surface area contributed by atoms with Gasteiger partial charge < -0.3 is 9.64 Å². The van der Waals surface area contributed by atoms with Crippen molar-refractivity contribution in [3.8, 4) is 0 Å². The summed E-state index contributed by atoms with van der Waals surface area (Å²) < 4.78 is 37.6. The number of rotatable bonds is 4. The summed E-state index contributed by atoms with van der Waals surface area (Å²) >= 11 is 6.60. The van der Waals surface area contributed by atoms with Gasteiger partial charge in [-0.15, -0.1) is 0 Å². The molecule has 5 heterocycles. The molecule has 3 aliphatic heterocycles. The van der Waals surface area contributed by atoms with Gasteiger partial charge in [-0.1, -0.05) is 17.7 Å². The van der Waals surface area contributed by atoms with Crippen molar-refractivity contribution in [1.82, 2.24) is 29.5 Å². The average Bonchev–Trinajstić information content (AvgIpc) is 3.66. The highest BCUT2D eigenvalue weighted by atomic mass is 35.5. The number of nitrogens with zero attached hydrogens (tertiary/aromatic N) is 6. The molecule has 0 bridgehead atoms. The van der Waals surface area contributed by atoms with Gasteiger partial charge in [0.25, 0.3) is 0 Å². The molecule has 0 N–H and O–H groups in total. The molecule has 0 saturated carbocycles. The van der Waals surface area contributed by atoms with Crippen molar-refractivity contribution in [2.24, 2.45) is 13.0 Å². The first kappa shape index (κ1) is 31.0. The highest BCUT2D eigenvalue weighted by Gasteiger charge is 2.55. The maximum Gasteiger partial charge on any atom is 0.227 e. The van der Waals surface area contributed by atoms with Gasteiger partial charge in [0.15, 0.2) is 0 Å². The highest BCUT2D eigenvalue weighted by molar-refractivity contribution is 6.31. The van der Waals surface area contributed by atoms with Crippen LogP contribution < -0.4 is 0 Å². The molecular formula is C33H41ClF2N6O2. The molecule has 2 saturated heterocycles. The van der Waals surface area contributed by atoms with E-state index in [2.05, 4.69) is 49.6 Å². The van der Waals surface area contributed by atoms with Crippen LogP contribution in [-0.4, -0.2) is 67.2 Å². The van der Waals surface area contributed by atoms with Gasteiger partial charge in [0.1, 0.15) is 29.4 Å². The maximum absolute atomic E-state index is 15.0. The number of hydrogen-bond donors (Lipinski definition) is 0. The number of aryl methyl sites for hydroxylation is 2. The van der Waals surface area contributed by atoms with Crippen molar-refractivity contribution in [1.29, 1.82) is 0 Å². The molecule has 1 amide bonds. The zero-order chi connectivity index (χ0) is 31.8. The van der Waals surface area contributed by atoms with Crippen LogP contribution in [0.1, 0.15) is 87.8 Å². The van der Waals surface area contributed by atoms with Gasteiger partial charge >= 0.3 is 0 Å². The summed E-state index contributed by atoms with van der Waals surface area (Å²) in [5.41, 5.74) is 1.52. The van der Waals surface area contributed by atoms with E-state index in [-0.39, 0.29) is 23.5 Å². The van der Waals surface area contributed by atoms with E-state index in [1.54, 1.807) is 11.0 Å². The number of ether oxygens (including phenoxy) is 1. The molecule has 1 spiro atoms. The third kappa shape index (κ3) is 5.12. The molecule has 44 heavy (non-hydrogen) atoms. The molecular weight excluding hydrogens is 586 g/mol. The predicted molar refractivity (Wildman–Crippen MR) is 163 cm³/mol. The Bertz CT molecular complexity index is 1590. The van der Waals surface area contributed by atoms with Crippen LogP contribution in [0.3, 0.4) is 0 Å². The lowest BCUT2D eigenvalue weighted by Crippen LogP contribution is -2.49. The fraction of sp³-hybridized carbons (Fsp3) is 0.576. The van der Waals surface area contributed by atoms with Gasteiger partial charge in [0.05, 0.1) is 33.8 Å². The molecule has 0 radical (unpaired) electrons. The molecule has 1 aromatic carbocycles. The molecule has 2 fully saturated rings. The van der Waals surface area contributed by atoms with E-state index < -0.39 is 28.6 Å². The Morgan fingerprint density at radius 2 is 1.77 bits per heavy atom. The van der Waals surface area contributed by atoms with Crippen LogP contribution in [0.25, 0.3) is 0 Å². The first-order valence-electron chi connectivity index (χ1n) is 15.3. The van der Waals surface area contributed by atoms with Gasteiger partial charge in [0, 0.05) is 56.3 Å². The number of likely N-dealkylation sites (tertiary alicyclic amines) is 2. The van der Waals surface area contributed by atoms with E-state index in [0.29, 0.717) is 49.6 Å². The van der Waals surface area contributed by atoms with Gasteiger partial charge in [-0.05, 0) is 72.1 Å². The highest BCUT2D eigenvalue weighted by Crippen LogP contribution is 2.55. The number of piperidine rings is 1. The Balaban J connectivity index is 1.28. The second kappa shape index (κ2) is 10.8. The monoisotopic (exact) mass is 626 g/mol. The molecule has 11 heteroatoms. The van der Waals surface area contributed by atoms with Gasteiger partial charge in [-0.3, -0.25) is 19.4 Å². The van der Waals surface area contributed by atoms with Crippen molar-refractivity contribution in [2.45, 2.75) is 83.0 Å². The normalized spacial score (nSPS) is 23.9. The summed E-state index contributed by atoms with van der Waals surface area (Å²) in [6, 6.07) is 5.65. The number of fused-ring (bicyclic) bond motifs is 2. The summed E-state index contributed by atoms with van der Waals surface area (Å²) in [5.74, 6) is -1.25. The van der Waals surface area contributed by atoms with Crippen LogP contribution in [0.2, 0.25) is 5.02 Å². The van der Waals surface area contributed by atoms with Crippen molar-refractivity contribution < 1.29 is 18.3 Å². The lowest BCUT2D eigenvalue weighted by Gasteiger charge is -2.41. The van der Waals surface area contributed by atoms with Crippen molar-refractivity contribution in [3.63, 3.8) is 0 Å². The lowest BCUT2D eigenvalue weighted by atomic mass is 9.80. The van der Waals surface area contributed by atoms with Crippen molar-refractivity contribution in [3.05, 3.63) is 75.6 Å². The smallest absolute Gasteiger partial charge is 0.227 e. The largest absolute Gasteiger partial charge is 0.359 e. The molecule has 0 aliphatic carbocycles. The first-order valence-corrected chi connectivity index (χ1v) is 15.7. The zero-order valence-electron chi connectivity index (χ0n) is 26.5.